The van der Waals surface area contributed by atoms with Crippen molar-refractivity contribution in [2.45, 2.75) is 32.0 Å². The van der Waals surface area contributed by atoms with Gasteiger partial charge in [0, 0.05) is 27.3 Å². The van der Waals surface area contributed by atoms with E-state index in [2.05, 4.69) is 0 Å². The smallest absolute Gasteiger partial charge is 0.254 e. The summed E-state index contributed by atoms with van der Waals surface area (Å²) in [5.41, 5.74) is -1.43. The van der Waals surface area contributed by atoms with Crippen LogP contribution in [0.2, 0.25) is 0 Å². The number of ether oxygens (including phenoxy) is 2. The molecule has 0 heterocycles. The third-order valence-corrected chi connectivity index (χ3v) is 2.49. The fourth-order valence-corrected chi connectivity index (χ4v) is 1.27. The third kappa shape index (κ3) is 6.90. The number of hydrogen-bond acceptors (Lipinski definition) is 5. The zero-order valence-electron chi connectivity index (χ0n) is 11.7. The SMILES string of the molecule is COCCOCCCN(C)C(=O)C(O)C(C)(C)O. The van der Waals surface area contributed by atoms with Gasteiger partial charge in [0.25, 0.3) is 5.91 Å². The molecule has 18 heavy (non-hydrogen) atoms. The second-order valence-electron chi connectivity index (χ2n) is 4.77. The van der Waals surface area contributed by atoms with E-state index >= 15 is 0 Å². The lowest BCUT2D eigenvalue weighted by Gasteiger charge is -2.27. The molecule has 0 aliphatic carbocycles. The standard InChI is InChI=1S/C12H25NO5/c1-12(2,16)10(14)11(15)13(3)6-5-7-18-9-8-17-4/h10,14,16H,5-9H2,1-4H3. The largest absolute Gasteiger partial charge is 0.387 e. The molecule has 6 nitrogen and oxygen atoms in total. The first-order chi connectivity index (χ1) is 8.30. The summed E-state index contributed by atoms with van der Waals surface area (Å²) in [5.74, 6) is -0.487. The highest BCUT2D eigenvalue weighted by Gasteiger charge is 2.32. The third-order valence-electron chi connectivity index (χ3n) is 2.49. The van der Waals surface area contributed by atoms with E-state index in [1.165, 1.54) is 18.7 Å². The molecule has 0 spiro atoms. The van der Waals surface area contributed by atoms with Crippen LogP contribution in [0.5, 0.6) is 0 Å². The van der Waals surface area contributed by atoms with Crippen LogP contribution >= 0.6 is 0 Å². The molecule has 1 unspecified atom stereocenters. The topological polar surface area (TPSA) is 79.2 Å². The number of amides is 1. The molecule has 6 heteroatoms. The van der Waals surface area contributed by atoms with Gasteiger partial charge in [-0.3, -0.25) is 4.79 Å². The van der Waals surface area contributed by atoms with Gasteiger partial charge in [0.2, 0.25) is 0 Å². The maximum Gasteiger partial charge on any atom is 0.254 e. The minimum Gasteiger partial charge on any atom is -0.387 e. The van der Waals surface area contributed by atoms with Gasteiger partial charge in [-0.25, -0.2) is 0 Å². The summed E-state index contributed by atoms with van der Waals surface area (Å²) < 4.78 is 10.1. The monoisotopic (exact) mass is 263 g/mol. The highest BCUT2D eigenvalue weighted by atomic mass is 16.5. The maximum atomic E-state index is 11.7. The van der Waals surface area contributed by atoms with Gasteiger partial charge in [-0.1, -0.05) is 0 Å². The Morgan fingerprint density at radius 3 is 2.44 bits per heavy atom. The van der Waals surface area contributed by atoms with E-state index < -0.39 is 17.6 Å². The fourth-order valence-electron chi connectivity index (χ4n) is 1.27. The molecule has 1 atom stereocenters. The summed E-state index contributed by atoms with van der Waals surface area (Å²) >= 11 is 0. The summed E-state index contributed by atoms with van der Waals surface area (Å²) in [6.07, 6.45) is -0.734. The quantitative estimate of drug-likeness (QED) is 0.555. The number of rotatable bonds is 9. The van der Waals surface area contributed by atoms with Crippen LogP contribution in [-0.4, -0.2) is 73.2 Å². The number of methoxy groups -OCH3 is 1. The average Bonchev–Trinajstić information content (AvgIpc) is 2.30. The normalized spacial score (nSPS) is 13.4. The van der Waals surface area contributed by atoms with Crippen LogP contribution in [0.3, 0.4) is 0 Å². The molecule has 0 saturated heterocycles. The van der Waals surface area contributed by atoms with E-state index in [9.17, 15) is 15.0 Å². The molecule has 0 radical (unpaired) electrons. The number of aliphatic hydroxyl groups is 2. The van der Waals surface area contributed by atoms with Crippen molar-refractivity contribution in [3.8, 4) is 0 Å². The van der Waals surface area contributed by atoms with Gasteiger partial charge >= 0.3 is 0 Å². The van der Waals surface area contributed by atoms with Crippen molar-refractivity contribution in [1.82, 2.24) is 4.90 Å². The van der Waals surface area contributed by atoms with Crippen LogP contribution in [0.25, 0.3) is 0 Å². The first kappa shape index (κ1) is 17.3. The van der Waals surface area contributed by atoms with E-state index in [1.54, 1.807) is 14.2 Å². The summed E-state index contributed by atoms with van der Waals surface area (Å²) in [5, 5.41) is 19.1. The van der Waals surface area contributed by atoms with Gasteiger partial charge in [0.05, 0.1) is 18.8 Å². The molecule has 0 aromatic rings. The van der Waals surface area contributed by atoms with Gasteiger partial charge in [0.1, 0.15) is 0 Å². The molecule has 108 valence electrons. The molecule has 0 saturated carbocycles. The fraction of sp³-hybridized carbons (Fsp3) is 0.917. The molecule has 0 aliphatic rings. The second kappa shape index (κ2) is 8.42. The Hall–Kier alpha value is -0.690. The Morgan fingerprint density at radius 1 is 1.33 bits per heavy atom. The van der Waals surface area contributed by atoms with E-state index in [4.69, 9.17) is 9.47 Å². The number of carbonyl (C=O) groups is 1. The first-order valence-electron chi connectivity index (χ1n) is 6.02. The van der Waals surface area contributed by atoms with Crippen molar-refractivity contribution in [3.63, 3.8) is 0 Å². The van der Waals surface area contributed by atoms with Gasteiger partial charge in [-0.05, 0) is 20.3 Å². The van der Waals surface area contributed by atoms with Gasteiger partial charge in [-0.2, -0.15) is 0 Å². The summed E-state index contributed by atoms with van der Waals surface area (Å²) in [6, 6.07) is 0. The zero-order valence-corrected chi connectivity index (χ0v) is 11.7. The molecule has 0 aromatic carbocycles. The van der Waals surface area contributed by atoms with Gasteiger partial charge in [-0.15, -0.1) is 0 Å². The molecule has 2 N–H and O–H groups in total. The predicted molar refractivity (Wildman–Crippen MR) is 67.3 cm³/mol. The van der Waals surface area contributed by atoms with Crippen molar-refractivity contribution in [3.05, 3.63) is 0 Å². The number of carbonyl (C=O) groups excluding carboxylic acids is 1. The maximum absolute atomic E-state index is 11.7. The van der Waals surface area contributed by atoms with Crippen LogP contribution in [0.4, 0.5) is 0 Å². The number of nitrogens with zero attached hydrogens (tertiary/aromatic N) is 1. The van der Waals surface area contributed by atoms with E-state index in [0.29, 0.717) is 32.8 Å². The summed E-state index contributed by atoms with van der Waals surface area (Å²) in [7, 11) is 3.19. The minimum atomic E-state index is -1.43. The van der Waals surface area contributed by atoms with Crippen molar-refractivity contribution in [2.24, 2.45) is 0 Å². The van der Waals surface area contributed by atoms with E-state index in [0.717, 1.165) is 0 Å². The second-order valence-corrected chi connectivity index (χ2v) is 4.77. The Balaban J connectivity index is 3.82. The Bertz CT molecular complexity index is 239. The van der Waals surface area contributed by atoms with Crippen LogP contribution < -0.4 is 0 Å². The highest BCUT2D eigenvalue weighted by molar-refractivity contribution is 5.81. The van der Waals surface area contributed by atoms with Crippen molar-refractivity contribution < 1.29 is 24.5 Å². The van der Waals surface area contributed by atoms with Crippen LogP contribution in [-0.2, 0) is 14.3 Å². The summed E-state index contributed by atoms with van der Waals surface area (Å²) in [4.78, 5) is 13.1. The molecule has 0 rings (SSSR count). The molecule has 0 aromatic heterocycles. The Morgan fingerprint density at radius 2 is 1.94 bits per heavy atom. The minimum absolute atomic E-state index is 0.471. The van der Waals surface area contributed by atoms with Crippen molar-refractivity contribution in [1.29, 1.82) is 0 Å². The molecule has 0 aliphatic heterocycles. The molecule has 0 bridgehead atoms. The highest BCUT2D eigenvalue weighted by Crippen LogP contribution is 2.10. The van der Waals surface area contributed by atoms with Gasteiger partial charge < -0.3 is 24.6 Å². The summed E-state index contributed by atoms with van der Waals surface area (Å²) in [6.45, 7) is 4.87. The predicted octanol–water partition coefficient (Wildman–Crippen LogP) is -0.370. The van der Waals surface area contributed by atoms with Crippen molar-refractivity contribution >= 4 is 5.91 Å². The van der Waals surface area contributed by atoms with Crippen molar-refractivity contribution in [2.75, 3.05) is 40.5 Å². The van der Waals surface area contributed by atoms with Crippen LogP contribution in [0.15, 0.2) is 0 Å². The lowest BCUT2D eigenvalue weighted by atomic mass is 10.0. The van der Waals surface area contributed by atoms with Crippen LogP contribution in [0, 0.1) is 0 Å². The molecular weight excluding hydrogens is 238 g/mol. The lowest BCUT2D eigenvalue weighted by molar-refractivity contribution is -0.151. The molecule has 0 fully saturated rings. The Labute approximate surface area is 108 Å². The number of aliphatic hydroxyl groups excluding tert-OH is 1. The van der Waals surface area contributed by atoms with E-state index in [1.807, 2.05) is 0 Å². The van der Waals surface area contributed by atoms with E-state index in [-0.39, 0.29) is 0 Å². The molecular formula is C12H25NO5. The lowest BCUT2D eigenvalue weighted by Crippen LogP contribution is -2.48. The zero-order chi connectivity index (χ0) is 14.2. The Kier molecular flexibility index (Phi) is 8.10. The van der Waals surface area contributed by atoms with Gasteiger partial charge in [0.15, 0.2) is 6.10 Å². The number of hydrogen-bond donors (Lipinski definition) is 2. The van der Waals surface area contributed by atoms with Crippen LogP contribution in [0.1, 0.15) is 20.3 Å². The number of likely N-dealkylation sites (N-methyl/N-ethyl adjacent to an activating group) is 1. The first-order valence-corrected chi connectivity index (χ1v) is 6.02. The molecule has 1 amide bonds. The average molecular weight is 263 g/mol.